The van der Waals surface area contributed by atoms with E-state index in [-0.39, 0.29) is 10.8 Å². The Balaban J connectivity index is 0.000000229. The molecule has 95 heavy (non-hydrogen) atoms. The average molecular weight is 1280 g/mol. The summed E-state index contributed by atoms with van der Waals surface area (Å²) < 4.78 is 0. The molecule has 3 aliphatic rings. The first-order valence-electron chi connectivity index (χ1n) is 33.5. The van der Waals surface area contributed by atoms with E-state index in [1.165, 1.54) is 61.3 Å². The van der Waals surface area contributed by atoms with Gasteiger partial charge in [-0.2, -0.15) is 10.2 Å². The lowest BCUT2D eigenvalue weighted by Crippen LogP contribution is -2.22. The van der Waals surface area contributed by atoms with Crippen LogP contribution in [-0.4, -0.2) is 76.6 Å². The molecule has 0 spiro atoms. The minimum atomic E-state index is 0.109. The maximum Gasteiger partial charge on any atom is 0.143 e. The zero-order valence-electron chi connectivity index (χ0n) is 60.6. The van der Waals surface area contributed by atoms with Crippen molar-refractivity contribution < 1.29 is 9.59 Å². The number of hydrogen-bond acceptors (Lipinski definition) is 15. The predicted octanol–water partition coefficient (Wildman–Crippen LogP) is 18.1. The Morgan fingerprint density at radius 3 is 1.35 bits per heavy atom. The molecule has 0 atom stereocenters. The van der Waals surface area contributed by atoms with Crippen molar-refractivity contribution >= 4 is 17.6 Å². The van der Waals surface area contributed by atoms with Crippen molar-refractivity contribution in [1.82, 2.24) is 65.0 Å². The van der Waals surface area contributed by atoms with E-state index in [0.717, 1.165) is 35.6 Å². The van der Waals surface area contributed by atoms with E-state index in [0.29, 0.717) is 78.7 Å². The number of Topliss-reactive ketones (excluding diaryl/α,β-unsaturated/α-hetero) is 2. The third-order valence-corrected chi connectivity index (χ3v) is 15.6. The zero-order chi connectivity index (χ0) is 70.1. The van der Waals surface area contributed by atoms with Crippen LogP contribution in [0, 0.1) is 0 Å². The lowest BCUT2D eigenvalue weighted by molar-refractivity contribution is -0.119. The van der Waals surface area contributed by atoms with Crippen LogP contribution in [0.5, 0.6) is 0 Å². The number of nitrogens with zero attached hydrogens (tertiary/aromatic N) is 13. The molecule has 504 valence electrons. The molecule has 3 aliphatic carbocycles. The molecule has 9 aromatic rings. The van der Waals surface area contributed by atoms with Gasteiger partial charge in [0.15, 0.2) is 0 Å². The molecule has 0 aromatic carbocycles. The zero-order valence-corrected chi connectivity index (χ0v) is 60.6. The molecular weight excluding hydrogens is 1170 g/mol. The van der Waals surface area contributed by atoms with Crippen LogP contribution in [-0.2, 0) is 52.5 Å². The third-order valence-electron chi connectivity index (χ3n) is 15.6. The monoisotopic (exact) mass is 1280 g/mol. The van der Waals surface area contributed by atoms with Crippen molar-refractivity contribution in [2.75, 3.05) is 0 Å². The Morgan fingerprint density at radius 2 is 0.895 bits per heavy atom. The van der Waals surface area contributed by atoms with Crippen LogP contribution in [0.1, 0.15) is 270 Å². The summed E-state index contributed by atoms with van der Waals surface area (Å²) in [5.41, 5.74) is 18.6. The molecule has 15 nitrogen and oxygen atoms in total. The minimum Gasteiger partial charge on any atom is -0.299 e. The van der Waals surface area contributed by atoms with Gasteiger partial charge in [0.25, 0.3) is 0 Å². The Kier molecular flexibility index (Phi) is 33.4. The lowest BCUT2D eigenvalue weighted by atomic mass is 9.80. The normalized spacial score (nSPS) is 12.4. The van der Waals surface area contributed by atoms with Crippen molar-refractivity contribution in [2.24, 2.45) is 0 Å². The van der Waals surface area contributed by atoms with E-state index < -0.39 is 0 Å². The number of ketones is 2. The van der Waals surface area contributed by atoms with E-state index in [1.807, 2.05) is 86.0 Å². The number of carbonyl (C=O) groups is 2. The highest BCUT2D eigenvalue weighted by Gasteiger charge is 2.28. The standard InChI is InChI=1S/C13H17NO.C12H15NO.C11H13N.2C8H11N.4C7H10N2/c1-13(2,3)11-6-7-14-12-8-9(15)4-5-10(11)12;1-12(2,3)10-4-5-13-11-7-8(14)6-9(10)11;1-8(2)9-6-7-12-11-5-3-4-10(9)11;1-7(2)8-3-5-9-6-4-8;1-7(2)8-4-3-5-9-6-8;1-6(2)7-3-8-5-9-4-7;1-6(2)7-5-8-3-4-9-7;1-6(2)7-3-4-8-5-9-7;1-6(2)7-3-4-8-9-5-7/h6-7H,4-5,8H2,1-3H3;4-5H,6-7H2,1-3H3;3-4,6-8H,5H2,1-2H3;2*3-7H,1-2H3;4*3-6H,1-2H3. The van der Waals surface area contributed by atoms with Crippen molar-refractivity contribution in [3.8, 4) is 0 Å². The van der Waals surface area contributed by atoms with Crippen LogP contribution >= 0.6 is 0 Å². The summed E-state index contributed by atoms with van der Waals surface area (Å²) in [6, 6.07) is 18.3. The van der Waals surface area contributed by atoms with Crippen LogP contribution in [0.15, 0.2) is 166 Å². The van der Waals surface area contributed by atoms with Gasteiger partial charge < -0.3 is 0 Å². The number of carbonyl (C=O) groups excluding carboxylic acids is 2. The van der Waals surface area contributed by atoms with Gasteiger partial charge in [0, 0.05) is 125 Å². The van der Waals surface area contributed by atoms with E-state index in [9.17, 15) is 9.59 Å². The number of aromatic nitrogens is 13. The largest absolute Gasteiger partial charge is 0.299 e. The van der Waals surface area contributed by atoms with Crippen molar-refractivity contribution in [2.45, 2.75) is 229 Å². The average Bonchev–Trinajstić information content (AvgIpc) is 1.79. The molecule has 9 aromatic heterocycles. The molecule has 0 saturated heterocycles. The fourth-order valence-electron chi connectivity index (χ4n) is 9.89. The molecule has 9 heterocycles. The highest BCUT2D eigenvalue weighted by molar-refractivity contribution is 5.88. The van der Waals surface area contributed by atoms with E-state index in [2.05, 4.69) is 234 Å². The Bertz CT molecular complexity index is 3310. The van der Waals surface area contributed by atoms with Gasteiger partial charge in [-0.3, -0.25) is 44.5 Å². The Morgan fingerprint density at radius 1 is 0.358 bits per heavy atom. The van der Waals surface area contributed by atoms with Crippen molar-refractivity contribution in [3.05, 3.63) is 250 Å². The number of rotatable bonds is 7. The maximum absolute atomic E-state index is 11.3. The summed E-state index contributed by atoms with van der Waals surface area (Å²) in [4.78, 5) is 67.3. The third kappa shape index (κ3) is 28.3. The summed E-state index contributed by atoms with van der Waals surface area (Å²) in [5.74, 6) is 4.51. The van der Waals surface area contributed by atoms with Gasteiger partial charge in [0.05, 0.1) is 29.0 Å². The number of allylic oxidation sites excluding steroid dienone is 1. The second kappa shape index (κ2) is 40.4. The van der Waals surface area contributed by atoms with Crippen molar-refractivity contribution in [3.63, 3.8) is 0 Å². The van der Waals surface area contributed by atoms with Crippen LogP contribution < -0.4 is 0 Å². The van der Waals surface area contributed by atoms with E-state index in [4.69, 9.17) is 0 Å². The molecule has 0 radical (unpaired) electrons. The first-order valence-corrected chi connectivity index (χ1v) is 33.5. The van der Waals surface area contributed by atoms with Crippen LogP contribution in [0.25, 0.3) is 6.08 Å². The molecule has 15 heteroatoms. The molecule has 0 saturated carbocycles. The Labute approximate surface area is 569 Å². The summed E-state index contributed by atoms with van der Waals surface area (Å²) in [5, 5.41) is 7.43. The van der Waals surface area contributed by atoms with E-state index >= 15 is 0 Å². The smallest absolute Gasteiger partial charge is 0.143 e. The second-order valence-electron chi connectivity index (χ2n) is 27.8. The SMILES string of the molecule is CC(C)(C)c1ccnc2c1CC(=O)C2.CC(C)(C)c1ccnc2c1CCC(=O)C2.CC(C)c1cccnc1.CC(C)c1ccnc2c1C=CC2.CC(C)c1ccncc1.CC(C)c1ccncn1.CC(C)c1ccnnc1.CC(C)c1cnccn1.CC(C)c1cncnc1. The van der Waals surface area contributed by atoms with Gasteiger partial charge >= 0.3 is 0 Å². The molecule has 12 rings (SSSR count). The molecular formula is C80H107N13O2. The Hall–Kier alpha value is -8.85. The van der Waals surface area contributed by atoms with Gasteiger partial charge in [0.1, 0.15) is 24.2 Å². The summed E-state index contributed by atoms with van der Waals surface area (Å²) in [6.45, 7) is 43.2. The fraction of sp³-hybridized carbons (Fsp3) is 0.438. The minimum absolute atomic E-state index is 0.109. The first kappa shape index (κ1) is 78.6. The molecule has 0 amide bonds. The number of hydrogen-bond donors (Lipinski definition) is 0. The molecule has 0 N–H and O–H groups in total. The van der Waals surface area contributed by atoms with Crippen LogP contribution in [0.4, 0.5) is 0 Å². The highest BCUT2D eigenvalue weighted by Crippen LogP contribution is 2.32. The molecule has 0 aliphatic heterocycles. The summed E-state index contributed by atoms with van der Waals surface area (Å²) in [7, 11) is 0. The lowest BCUT2D eigenvalue weighted by Gasteiger charge is -2.26. The van der Waals surface area contributed by atoms with Gasteiger partial charge in [-0.25, -0.2) is 19.9 Å². The topological polar surface area (TPSA) is 202 Å². The first-order chi connectivity index (χ1) is 45.1. The quantitative estimate of drug-likeness (QED) is 0.146. The molecule has 0 unspecified atom stereocenters. The van der Waals surface area contributed by atoms with Gasteiger partial charge in [-0.15, -0.1) is 0 Å². The predicted molar refractivity (Wildman–Crippen MR) is 388 cm³/mol. The number of fused-ring (bicyclic) bond motifs is 3. The van der Waals surface area contributed by atoms with Crippen molar-refractivity contribution in [1.29, 1.82) is 0 Å². The molecule has 0 fully saturated rings. The fourth-order valence-corrected chi connectivity index (χ4v) is 9.89. The van der Waals surface area contributed by atoms with Gasteiger partial charge in [0.2, 0.25) is 0 Å². The highest BCUT2D eigenvalue weighted by atomic mass is 16.1. The van der Waals surface area contributed by atoms with Crippen LogP contribution in [0.3, 0.4) is 0 Å². The number of pyridine rings is 5. The summed E-state index contributed by atoms with van der Waals surface area (Å²) >= 11 is 0. The van der Waals surface area contributed by atoms with Gasteiger partial charge in [-0.05, 0) is 163 Å². The van der Waals surface area contributed by atoms with Crippen LogP contribution in [0.2, 0.25) is 0 Å². The molecule has 0 bridgehead atoms. The van der Waals surface area contributed by atoms with E-state index in [1.54, 1.807) is 56.0 Å². The maximum atomic E-state index is 11.3. The van der Waals surface area contributed by atoms with Gasteiger partial charge in [-0.1, -0.05) is 157 Å². The second-order valence-corrected chi connectivity index (χ2v) is 27.8. The summed E-state index contributed by atoms with van der Waals surface area (Å²) in [6.07, 6.45) is 38.8.